The summed E-state index contributed by atoms with van der Waals surface area (Å²) in [5.74, 6) is 1.52. The average molecular weight is 270 g/mol. The van der Waals surface area contributed by atoms with E-state index in [9.17, 15) is 14.5 Å². The molecule has 1 fully saturated rings. The standard InChI is InChI=1S/C12H15FN2O2S/c1-14(10-4-5-18-8-10)7-9-2-3-12(15(16)17)11(13)6-9/h2-3,6,10H,4-5,7-8H2,1H3. The van der Waals surface area contributed by atoms with Crippen molar-refractivity contribution in [1.82, 2.24) is 4.90 Å². The molecule has 0 amide bonds. The van der Waals surface area contributed by atoms with Gasteiger partial charge in [0, 0.05) is 24.4 Å². The van der Waals surface area contributed by atoms with Crippen molar-refractivity contribution < 1.29 is 9.31 Å². The number of benzene rings is 1. The minimum absolute atomic E-state index is 0.460. The van der Waals surface area contributed by atoms with Gasteiger partial charge in [-0.15, -0.1) is 0 Å². The Hall–Kier alpha value is -1.14. The fourth-order valence-electron chi connectivity index (χ4n) is 2.08. The second-order valence-corrected chi connectivity index (χ2v) is 5.63. The van der Waals surface area contributed by atoms with Crippen molar-refractivity contribution in [2.45, 2.75) is 19.0 Å². The van der Waals surface area contributed by atoms with Crippen LogP contribution in [0.4, 0.5) is 10.1 Å². The number of hydrogen-bond donors (Lipinski definition) is 0. The Morgan fingerprint density at radius 1 is 1.61 bits per heavy atom. The average Bonchev–Trinajstić information content (AvgIpc) is 2.81. The highest BCUT2D eigenvalue weighted by molar-refractivity contribution is 7.99. The van der Waals surface area contributed by atoms with E-state index in [4.69, 9.17) is 0 Å². The summed E-state index contributed by atoms with van der Waals surface area (Å²) >= 11 is 1.93. The molecule has 1 aromatic rings. The van der Waals surface area contributed by atoms with E-state index in [1.54, 1.807) is 6.07 Å². The maximum absolute atomic E-state index is 13.5. The molecule has 18 heavy (non-hydrogen) atoms. The lowest BCUT2D eigenvalue weighted by Gasteiger charge is -2.23. The third-order valence-corrected chi connectivity index (χ3v) is 4.31. The van der Waals surface area contributed by atoms with Gasteiger partial charge < -0.3 is 0 Å². The second kappa shape index (κ2) is 5.67. The molecule has 1 aromatic carbocycles. The van der Waals surface area contributed by atoms with Gasteiger partial charge in [-0.3, -0.25) is 15.0 Å². The molecule has 1 heterocycles. The van der Waals surface area contributed by atoms with Gasteiger partial charge in [0.1, 0.15) is 0 Å². The summed E-state index contributed by atoms with van der Waals surface area (Å²) in [6.45, 7) is 0.625. The molecule has 2 rings (SSSR count). The predicted octanol–water partition coefficient (Wildman–Crippen LogP) is 2.67. The van der Waals surface area contributed by atoms with Gasteiger partial charge in [0.2, 0.25) is 5.82 Å². The molecule has 1 aliphatic heterocycles. The van der Waals surface area contributed by atoms with E-state index in [0.29, 0.717) is 12.6 Å². The van der Waals surface area contributed by atoms with Crippen LogP contribution >= 0.6 is 11.8 Å². The largest absolute Gasteiger partial charge is 0.304 e. The van der Waals surface area contributed by atoms with Crippen molar-refractivity contribution in [3.05, 3.63) is 39.7 Å². The van der Waals surface area contributed by atoms with Crippen LogP contribution in [0.3, 0.4) is 0 Å². The van der Waals surface area contributed by atoms with Gasteiger partial charge in [-0.2, -0.15) is 16.2 Å². The van der Waals surface area contributed by atoms with E-state index >= 15 is 0 Å². The van der Waals surface area contributed by atoms with E-state index < -0.39 is 16.4 Å². The maximum Gasteiger partial charge on any atom is 0.304 e. The number of nitrogens with zero attached hydrogens (tertiary/aromatic N) is 2. The zero-order valence-corrected chi connectivity index (χ0v) is 11.0. The van der Waals surface area contributed by atoms with Gasteiger partial charge >= 0.3 is 5.69 Å². The van der Waals surface area contributed by atoms with Crippen molar-refractivity contribution in [2.24, 2.45) is 0 Å². The summed E-state index contributed by atoms with van der Waals surface area (Å²) in [6, 6.07) is 4.64. The minimum atomic E-state index is -0.758. The summed E-state index contributed by atoms with van der Waals surface area (Å²) < 4.78 is 13.5. The van der Waals surface area contributed by atoms with Crippen LogP contribution in [0.5, 0.6) is 0 Å². The Kier molecular flexibility index (Phi) is 4.19. The van der Waals surface area contributed by atoms with Gasteiger partial charge in [-0.25, -0.2) is 0 Å². The highest BCUT2D eigenvalue weighted by Crippen LogP contribution is 2.24. The summed E-state index contributed by atoms with van der Waals surface area (Å²) in [6.07, 6.45) is 1.15. The first-order valence-electron chi connectivity index (χ1n) is 5.78. The van der Waals surface area contributed by atoms with Gasteiger partial charge in [0.15, 0.2) is 0 Å². The molecule has 98 valence electrons. The number of rotatable bonds is 4. The SMILES string of the molecule is CN(Cc1ccc([N+](=O)[O-])c(F)c1)C1CCSC1. The fraction of sp³-hybridized carbons (Fsp3) is 0.500. The highest BCUT2D eigenvalue weighted by atomic mass is 32.2. The summed E-state index contributed by atoms with van der Waals surface area (Å²) in [4.78, 5) is 12.0. The molecule has 0 aliphatic carbocycles. The monoisotopic (exact) mass is 270 g/mol. The lowest BCUT2D eigenvalue weighted by molar-refractivity contribution is -0.387. The van der Waals surface area contributed by atoms with Crippen LogP contribution in [0, 0.1) is 15.9 Å². The van der Waals surface area contributed by atoms with Crippen LogP contribution in [0.2, 0.25) is 0 Å². The zero-order valence-electron chi connectivity index (χ0n) is 10.1. The summed E-state index contributed by atoms with van der Waals surface area (Å²) in [5.41, 5.74) is 0.315. The van der Waals surface area contributed by atoms with Crippen molar-refractivity contribution >= 4 is 17.4 Å². The molecule has 0 bridgehead atoms. The lowest BCUT2D eigenvalue weighted by Crippen LogP contribution is -2.30. The normalized spacial score (nSPS) is 19.4. The molecule has 1 unspecified atom stereocenters. The Morgan fingerprint density at radius 2 is 2.39 bits per heavy atom. The van der Waals surface area contributed by atoms with Crippen LogP contribution in [0.1, 0.15) is 12.0 Å². The van der Waals surface area contributed by atoms with E-state index in [1.165, 1.54) is 17.9 Å². The quantitative estimate of drug-likeness (QED) is 0.623. The van der Waals surface area contributed by atoms with Crippen LogP contribution in [0.15, 0.2) is 18.2 Å². The van der Waals surface area contributed by atoms with Crippen LogP contribution in [-0.4, -0.2) is 34.4 Å². The molecular weight excluding hydrogens is 255 g/mol. The molecule has 4 nitrogen and oxygen atoms in total. The Labute approximate surface area is 109 Å². The molecule has 0 N–H and O–H groups in total. The topological polar surface area (TPSA) is 46.4 Å². The fourth-order valence-corrected chi connectivity index (χ4v) is 3.38. The van der Waals surface area contributed by atoms with Gasteiger partial charge in [-0.1, -0.05) is 6.07 Å². The van der Waals surface area contributed by atoms with Crippen molar-refractivity contribution in [3.8, 4) is 0 Å². The van der Waals surface area contributed by atoms with E-state index in [-0.39, 0.29) is 0 Å². The molecule has 0 saturated carbocycles. The van der Waals surface area contributed by atoms with Crippen LogP contribution in [-0.2, 0) is 6.54 Å². The first-order valence-corrected chi connectivity index (χ1v) is 6.94. The molecule has 0 aromatic heterocycles. The van der Waals surface area contributed by atoms with Crippen molar-refractivity contribution in [2.75, 3.05) is 18.6 Å². The summed E-state index contributed by atoms with van der Waals surface area (Å²) in [7, 11) is 2.01. The Bertz CT molecular complexity index is 450. The van der Waals surface area contributed by atoms with Crippen molar-refractivity contribution in [1.29, 1.82) is 0 Å². The van der Waals surface area contributed by atoms with Crippen LogP contribution < -0.4 is 0 Å². The smallest absolute Gasteiger partial charge is 0.298 e. The highest BCUT2D eigenvalue weighted by Gasteiger charge is 2.21. The second-order valence-electron chi connectivity index (χ2n) is 4.48. The maximum atomic E-state index is 13.5. The van der Waals surface area contributed by atoms with Gasteiger partial charge in [0.05, 0.1) is 4.92 Å². The molecule has 1 atom stereocenters. The number of hydrogen-bond acceptors (Lipinski definition) is 4. The van der Waals surface area contributed by atoms with Gasteiger partial charge in [0.25, 0.3) is 0 Å². The van der Waals surface area contributed by atoms with E-state index in [1.807, 2.05) is 18.8 Å². The molecule has 6 heteroatoms. The molecule has 1 aliphatic rings. The molecule has 1 saturated heterocycles. The van der Waals surface area contributed by atoms with E-state index in [2.05, 4.69) is 4.90 Å². The third kappa shape index (κ3) is 3.00. The first-order chi connectivity index (χ1) is 8.58. The van der Waals surface area contributed by atoms with Crippen molar-refractivity contribution in [3.63, 3.8) is 0 Å². The molecule has 0 radical (unpaired) electrons. The van der Waals surface area contributed by atoms with Crippen LogP contribution in [0.25, 0.3) is 0 Å². The number of nitro benzene ring substituents is 1. The number of halogens is 1. The van der Waals surface area contributed by atoms with Gasteiger partial charge in [-0.05, 0) is 30.9 Å². The molecular formula is C12H15FN2O2S. The van der Waals surface area contributed by atoms with E-state index in [0.717, 1.165) is 17.7 Å². The minimum Gasteiger partial charge on any atom is -0.298 e. The number of nitro groups is 1. The Balaban J connectivity index is 2.05. The summed E-state index contributed by atoms with van der Waals surface area (Å²) in [5, 5.41) is 10.5. The Morgan fingerprint density at radius 3 is 2.94 bits per heavy atom. The third-order valence-electron chi connectivity index (χ3n) is 3.17. The number of thioether (sulfide) groups is 1. The first kappa shape index (κ1) is 13.3. The predicted molar refractivity (Wildman–Crippen MR) is 70.3 cm³/mol. The lowest BCUT2D eigenvalue weighted by atomic mass is 10.1. The zero-order chi connectivity index (χ0) is 13.1. The molecule has 0 spiro atoms.